The zero-order valence-electron chi connectivity index (χ0n) is 24.0. The number of benzene rings is 2. The molecule has 2 aromatic rings. The Balaban J connectivity index is 1.79. The van der Waals surface area contributed by atoms with Gasteiger partial charge >= 0.3 is 0 Å². The van der Waals surface area contributed by atoms with E-state index in [-0.39, 0.29) is 43.8 Å². The van der Waals surface area contributed by atoms with Crippen LogP contribution in [0.1, 0.15) is 52.0 Å². The molecule has 0 fully saturated rings. The molecule has 0 radical (unpaired) electrons. The van der Waals surface area contributed by atoms with Gasteiger partial charge < -0.3 is 24.4 Å². The Morgan fingerprint density at radius 1 is 1.05 bits per heavy atom. The highest BCUT2D eigenvalue weighted by Gasteiger charge is 2.29. The molecule has 1 N–H and O–H groups in total. The van der Waals surface area contributed by atoms with E-state index in [2.05, 4.69) is 5.32 Å². The minimum atomic E-state index is -3.64. The summed E-state index contributed by atoms with van der Waals surface area (Å²) in [5, 5.41) is 3.00. The molecule has 0 spiro atoms. The number of hydrogen-bond acceptors (Lipinski definition) is 7. The van der Waals surface area contributed by atoms with E-state index in [0.717, 1.165) is 18.2 Å². The molecule has 0 aromatic heterocycles. The maximum Gasteiger partial charge on any atom is 0.243 e. The van der Waals surface area contributed by atoms with Gasteiger partial charge in [-0.15, -0.1) is 0 Å². The number of carbonyl (C=O) groups is 2. The van der Waals surface area contributed by atoms with Crippen LogP contribution in [0.25, 0.3) is 0 Å². The average molecular weight is 576 g/mol. The van der Waals surface area contributed by atoms with Gasteiger partial charge in [0.05, 0.1) is 19.1 Å². The smallest absolute Gasteiger partial charge is 0.243 e. The lowest BCUT2D eigenvalue weighted by atomic mass is 10.1. The molecular formula is C29H41N3O7S. The van der Waals surface area contributed by atoms with E-state index in [0.29, 0.717) is 42.6 Å². The second-order valence-electron chi connectivity index (χ2n) is 9.88. The van der Waals surface area contributed by atoms with Crippen LogP contribution < -0.4 is 23.8 Å². The number of methoxy groups -OCH3 is 1. The number of amides is 2. The Kier molecular flexibility index (Phi) is 11.1. The van der Waals surface area contributed by atoms with E-state index in [1.54, 1.807) is 30.2 Å². The summed E-state index contributed by atoms with van der Waals surface area (Å²) in [6, 6.07) is 11.7. The van der Waals surface area contributed by atoms with Crippen LogP contribution >= 0.6 is 0 Å². The number of nitrogens with zero attached hydrogens (tertiary/aromatic N) is 2. The van der Waals surface area contributed by atoms with Crippen molar-refractivity contribution in [2.24, 2.45) is 0 Å². The lowest BCUT2D eigenvalue weighted by molar-refractivity contribution is -0.141. The lowest BCUT2D eigenvalue weighted by Gasteiger charge is -2.32. The molecule has 2 aromatic carbocycles. The normalized spacial score (nSPS) is 14.1. The molecule has 0 unspecified atom stereocenters. The third-order valence-corrected chi connectivity index (χ3v) is 8.03. The first-order chi connectivity index (χ1) is 19.1. The van der Waals surface area contributed by atoms with Crippen molar-refractivity contribution in [3.05, 3.63) is 48.0 Å². The van der Waals surface area contributed by atoms with Gasteiger partial charge in [0.25, 0.3) is 0 Å². The van der Waals surface area contributed by atoms with E-state index >= 15 is 0 Å². The molecule has 40 heavy (non-hydrogen) atoms. The number of carbonyl (C=O) groups excluding carboxylic acids is 2. The Morgan fingerprint density at radius 3 is 2.42 bits per heavy atom. The first-order valence-corrected chi connectivity index (χ1v) is 15.5. The summed E-state index contributed by atoms with van der Waals surface area (Å²) in [7, 11) is -2.06. The van der Waals surface area contributed by atoms with E-state index in [1.165, 1.54) is 4.31 Å². The molecule has 11 heteroatoms. The van der Waals surface area contributed by atoms with E-state index in [9.17, 15) is 18.0 Å². The van der Waals surface area contributed by atoms with Crippen molar-refractivity contribution < 1.29 is 32.2 Å². The Bertz CT molecular complexity index is 1270. The fourth-order valence-electron chi connectivity index (χ4n) is 4.52. The molecule has 0 bridgehead atoms. The van der Waals surface area contributed by atoms with Crippen LogP contribution in [-0.2, 0) is 26.2 Å². The molecule has 1 aliphatic rings. The number of hydrogen-bond donors (Lipinski definition) is 1. The average Bonchev–Trinajstić information content (AvgIpc) is 2.94. The van der Waals surface area contributed by atoms with Gasteiger partial charge in [-0.3, -0.25) is 13.9 Å². The highest BCUT2D eigenvalue weighted by Crippen LogP contribution is 2.34. The molecule has 0 saturated carbocycles. The van der Waals surface area contributed by atoms with Crippen LogP contribution in [0.3, 0.4) is 0 Å². The molecule has 0 aliphatic carbocycles. The third kappa shape index (κ3) is 8.27. The number of fused-ring (bicyclic) bond motifs is 1. The first-order valence-electron chi connectivity index (χ1n) is 13.7. The summed E-state index contributed by atoms with van der Waals surface area (Å²) in [6.45, 7) is 6.92. The number of ether oxygens (including phenoxy) is 3. The second kappa shape index (κ2) is 14.2. The standard InChI is InChI=1S/C29H41N3O7S/c1-6-21(3)30-29(34)25(7-2)31(20-22-10-8-11-24(18-22)37-4)28(33)12-9-15-32(40(5,35)36)23-13-14-26-27(19-23)39-17-16-38-26/h8,10-11,13-14,18-19,21,25H,6-7,9,12,15-17,20H2,1-5H3,(H,30,34)/t21-,25+/m0/s1. The van der Waals surface area contributed by atoms with Crippen LogP contribution in [0.4, 0.5) is 5.69 Å². The van der Waals surface area contributed by atoms with Gasteiger partial charge in [-0.2, -0.15) is 0 Å². The summed E-state index contributed by atoms with van der Waals surface area (Å²) in [4.78, 5) is 28.4. The fraction of sp³-hybridized carbons (Fsp3) is 0.517. The van der Waals surface area contributed by atoms with Gasteiger partial charge in [0.2, 0.25) is 21.8 Å². The van der Waals surface area contributed by atoms with Crippen LogP contribution in [0, 0.1) is 0 Å². The summed E-state index contributed by atoms with van der Waals surface area (Å²) >= 11 is 0. The Labute approximate surface area is 237 Å². The minimum Gasteiger partial charge on any atom is -0.497 e. The van der Waals surface area contributed by atoms with E-state index in [4.69, 9.17) is 14.2 Å². The van der Waals surface area contributed by atoms with Gasteiger partial charge in [-0.25, -0.2) is 8.42 Å². The molecule has 2 amide bonds. The topological polar surface area (TPSA) is 114 Å². The number of anilines is 1. The van der Waals surface area contributed by atoms with Crippen molar-refractivity contribution in [3.8, 4) is 17.2 Å². The Morgan fingerprint density at radius 2 is 1.77 bits per heavy atom. The van der Waals surface area contributed by atoms with Crippen molar-refractivity contribution in [2.75, 3.05) is 37.4 Å². The highest BCUT2D eigenvalue weighted by molar-refractivity contribution is 7.92. The van der Waals surface area contributed by atoms with Crippen LogP contribution in [0.15, 0.2) is 42.5 Å². The highest BCUT2D eigenvalue weighted by atomic mass is 32.2. The molecule has 10 nitrogen and oxygen atoms in total. The zero-order valence-corrected chi connectivity index (χ0v) is 24.8. The molecule has 1 aliphatic heterocycles. The van der Waals surface area contributed by atoms with Crippen molar-refractivity contribution >= 4 is 27.5 Å². The van der Waals surface area contributed by atoms with Gasteiger partial charge in [0.1, 0.15) is 25.0 Å². The molecule has 0 saturated heterocycles. The minimum absolute atomic E-state index is 0.0235. The number of sulfonamides is 1. The van der Waals surface area contributed by atoms with Gasteiger partial charge in [-0.1, -0.05) is 26.0 Å². The zero-order chi connectivity index (χ0) is 29.3. The third-order valence-electron chi connectivity index (χ3n) is 6.84. The molecule has 2 atom stereocenters. The summed E-state index contributed by atoms with van der Waals surface area (Å²) in [5.41, 5.74) is 1.27. The van der Waals surface area contributed by atoms with Gasteiger partial charge in [0, 0.05) is 31.6 Å². The number of rotatable bonds is 14. The molecule has 1 heterocycles. The summed E-state index contributed by atoms with van der Waals surface area (Å²) in [5.74, 6) is 1.26. The lowest BCUT2D eigenvalue weighted by Crippen LogP contribution is -2.50. The molecule has 3 rings (SSSR count). The van der Waals surface area contributed by atoms with Crippen molar-refractivity contribution in [3.63, 3.8) is 0 Å². The monoisotopic (exact) mass is 575 g/mol. The quantitative estimate of drug-likeness (QED) is 0.365. The van der Waals surface area contributed by atoms with Crippen molar-refractivity contribution in [1.82, 2.24) is 10.2 Å². The van der Waals surface area contributed by atoms with E-state index < -0.39 is 16.1 Å². The summed E-state index contributed by atoms with van der Waals surface area (Å²) < 4.78 is 43.1. The van der Waals surface area contributed by atoms with E-state index in [1.807, 2.05) is 45.0 Å². The first kappa shape index (κ1) is 31.1. The molecule has 220 valence electrons. The predicted octanol–water partition coefficient (Wildman–Crippen LogP) is 3.73. The van der Waals surface area contributed by atoms with Crippen LogP contribution in [0.2, 0.25) is 0 Å². The SMILES string of the molecule is CC[C@H](C(=O)N[C@@H](C)CC)N(Cc1cccc(OC)c1)C(=O)CCCN(c1ccc2c(c1)OCCO2)S(C)(=O)=O. The Hall–Kier alpha value is -3.47. The van der Waals surface area contributed by atoms with Crippen LogP contribution in [0.5, 0.6) is 17.2 Å². The van der Waals surface area contributed by atoms with Gasteiger partial charge in [0.15, 0.2) is 11.5 Å². The maximum atomic E-state index is 13.6. The predicted molar refractivity (Wildman–Crippen MR) is 154 cm³/mol. The largest absolute Gasteiger partial charge is 0.497 e. The summed E-state index contributed by atoms with van der Waals surface area (Å²) in [6.07, 6.45) is 2.66. The van der Waals surface area contributed by atoms with Crippen LogP contribution in [-0.4, -0.2) is 70.3 Å². The van der Waals surface area contributed by atoms with Gasteiger partial charge in [-0.05, 0) is 56.0 Å². The second-order valence-corrected chi connectivity index (χ2v) is 11.8. The van der Waals surface area contributed by atoms with Crippen molar-refractivity contribution in [2.45, 2.75) is 65.1 Å². The number of nitrogens with one attached hydrogen (secondary N) is 1. The fourth-order valence-corrected chi connectivity index (χ4v) is 5.48. The van der Waals surface area contributed by atoms with Crippen molar-refractivity contribution in [1.29, 1.82) is 0 Å². The molecular weight excluding hydrogens is 534 g/mol. The maximum absolute atomic E-state index is 13.6.